The monoisotopic (exact) mass is 343 g/mol. The summed E-state index contributed by atoms with van der Waals surface area (Å²) < 4.78 is 0. The van der Waals surface area contributed by atoms with Crippen LogP contribution in [0.3, 0.4) is 0 Å². The van der Waals surface area contributed by atoms with Crippen molar-refractivity contribution in [1.82, 2.24) is 10.6 Å². The summed E-state index contributed by atoms with van der Waals surface area (Å²) in [5.74, 6) is -0.0933. The van der Waals surface area contributed by atoms with Gasteiger partial charge in [-0.05, 0) is 37.5 Å². The second-order valence-corrected chi connectivity index (χ2v) is 7.39. The molecule has 2 aromatic rings. The fraction of sp³-hybridized carbons (Fsp3) is 0.353. The molecular formula is C17H17N3O3S. The zero-order chi connectivity index (χ0) is 16.7. The van der Waals surface area contributed by atoms with Crippen LogP contribution in [-0.4, -0.2) is 29.0 Å². The first kappa shape index (κ1) is 15.3. The number of nitrogens with one attached hydrogen (secondary N) is 2. The quantitative estimate of drug-likeness (QED) is 0.660. The van der Waals surface area contributed by atoms with Gasteiger partial charge in [-0.2, -0.15) is 0 Å². The highest BCUT2D eigenvalue weighted by molar-refractivity contribution is 7.17. The molecule has 2 aliphatic rings. The van der Waals surface area contributed by atoms with Crippen molar-refractivity contribution in [3.8, 4) is 10.4 Å². The molecule has 6 nitrogen and oxygen atoms in total. The van der Waals surface area contributed by atoms with Gasteiger partial charge in [-0.1, -0.05) is 12.1 Å². The lowest BCUT2D eigenvalue weighted by Gasteiger charge is -2.20. The Morgan fingerprint density at radius 3 is 2.79 bits per heavy atom. The highest BCUT2D eigenvalue weighted by Crippen LogP contribution is 2.35. The Hall–Kier alpha value is -2.25. The number of rotatable bonds is 4. The first-order valence-corrected chi connectivity index (χ1v) is 8.84. The van der Waals surface area contributed by atoms with E-state index in [9.17, 15) is 14.9 Å². The second kappa shape index (κ2) is 5.99. The standard InChI is InChI=1S/C17H17N3O3S/c21-17(19-13-9-10-5-6-12(13)18-10)16-8-7-15(24-16)11-3-1-2-4-14(11)20(22)23/h1-4,7-8,10,12-13,18H,5-6,9H2,(H,19,21)/t10-,12+,13-/m1/s1. The maximum Gasteiger partial charge on any atom is 0.278 e. The summed E-state index contributed by atoms with van der Waals surface area (Å²) in [7, 11) is 0. The number of benzene rings is 1. The number of hydrogen-bond acceptors (Lipinski definition) is 5. The third-order valence-electron chi connectivity index (χ3n) is 4.81. The zero-order valence-corrected chi connectivity index (χ0v) is 13.7. The van der Waals surface area contributed by atoms with Crippen LogP contribution in [0.2, 0.25) is 0 Å². The van der Waals surface area contributed by atoms with Gasteiger partial charge >= 0.3 is 0 Å². The predicted octanol–water partition coefficient (Wildman–Crippen LogP) is 2.95. The van der Waals surface area contributed by atoms with Crippen LogP contribution in [0.15, 0.2) is 36.4 Å². The predicted molar refractivity (Wildman–Crippen MR) is 92.2 cm³/mol. The number of hydrogen-bond donors (Lipinski definition) is 2. The van der Waals surface area contributed by atoms with E-state index < -0.39 is 4.92 Å². The van der Waals surface area contributed by atoms with Gasteiger partial charge in [-0.15, -0.1) is 11.3 Å². The van der Waals surface area contributed by atoms with Crippen LogP contribution in [0.5, 0.6) is 0 Å². The maximum absolute atomic E-state index is 12.5. The van der Waals surface area contributed by atoms with Gasteiger partial charge in [0.15, 0.2) is 0 Å². The molecular weight excluding hydrogens is 326 g/mol. The second-order valence-electron chi connectivity index (χ2n) is 6.30. The molecule has 2 N–H and O–H groups in total. The van der Waals surface area contributed by atoms with E-state index in [1.807, 2.05) is 0 Å². The average molecular weight is 343 g/mol. The zero-order valence-electron chi connectivity index (χ0n) is 12.9. The number of thiophene rings is 1. The van der Waals surface area contributed by atoms with Crippen LogP contribution in [0.4, 0.5) is 5.69 Å². The third kappa shape index (κ3) is 2.70. The van der Waals surface area contributed by atoms with Crippen LogP contribution >= 0.6 is 11.3 Å². The third-order valence-corrected chi connectivity index (χ3v) is 5.93. The van der Waals surface area contributed by atoms with Crippen molar-refractivity contribution in [2.75, 3.05) is 0 Å². The highest BCUT2D eigenvalue weighted by atomic mass is 32.1. The molecule has 1 aromatic carbocycles. The van der Waals surface area contributed by atoms with Gasteiger partial charge in [0.1, 0.15) is 0 Å². The SMILES string of the molecule is O=C(N[C@@H]1C[C@H]2CC[C@@H]1N2)c1ccc(-c2ccccc2[N+](=O)[O-])s1. The van der Waals surface area contributed by atoms with Crippen molar-refractivity contribution in [3.63, 3.8) is 0 Å². The van der Waals surface area contributed by atoms with E-state index in [2.05, 4.69) is 10.6 Å². The van der Waals surface area contributed by atoms with Crippen molar-refractivity contribution in [2.45, 2.75) is 37.4 Å². The molecule has 24 heavy (non-hydrogen) atoms. The molecule has 2 aliphatic heterocycles. The van der Waals surface area contributed by atoms with Crippen molar-refractivity contribution in [1.29, 1.82) is 0 Å². The topological polar surface area (TPSA) is 84.3 Å². The first-order chi connectivity index (χ1) is 11.6. The molecule has 3 atom stereocenters. The van der Waals surface area contributed by atoms with Gasteiger partial charge in [-0.25, -0.2) is 0 Å². The Labute approximate surface area is 143 Å². The minimum Gasteiger partial charge on any atom is -0.347 e. The van der Waals surface area contributed by atoms with Crippen molar-refractivity contribution in [2.24, 2.45) is 0 Å². The fourth-order valence-electron chi connectivity index (χ4n) is 3.67. The minimum absolute atomic E-state index is 0.0589. The van der Waals surface area contributed by atoms with E-state index in [0.29, 0.717) is 22.5 Å². The van der Waals surface area contributed by atoms with E-state index in [4.69, 9.17) is 0 Å². The molecule has 1 amide bonds. The van der Waals surface area contributed by atoms with Crippen LogP contribution in [0, 0.1) is 10.1 Å². The van der Waals surface area contributed by atoms with Crippen molar-refractivity contribution >= 4 is 22.9 Å². The normalized spacial score (nSPS) is 24.9. The van der Waals surface area contributed by atoms with Crippen molar-refractivity contribution in [3.05, 3.63) is 51.4 Å². The Bertz CT molecular complexity index is 804. The van der Waals surface area contributed by atoms with Crippen LogP contribution in [0.1, 0.15) is 28.9 Å². The highest BCUT2D eigenvalue weighted by Gasteiger charge is 2.39. The molecule has 2 bridgehead atoms. The molecule has 0 saturated carbocycles. The first-order valence-electron chi connectivity index (χ1n) is 8.02. The van der Waals surface area contributed by atoms with Crippen molar-refractivity contribution < 1.29 is 9.72 Å². The van der Waals surface area contributed by atoms with E-state index >= 15 is 0 Å². The van der Waals surface area contributed by atoms with E-state index in [0.717, 1.165) is 17.7 Å². The minimum atomic E-state index is -0.393. The number of nitro groups is 1. The number of amides is 1. The summed E-state index contributed by atoms with van der Waals surface area (Å²) in [5, 5.41) is 17.8. The summed E-state index contributed by atoms with van der Waals surface area (Å²) in [6.45, 7) is 0. The molecule has 7 heteroatoms. The smallest absolute Gasteiger partial charge is 0.278 e. The van der Waals surface area contributed by atoms with E-state index in [-0.39, 0.29) is 17.6 Å². The molecule has 124 valence electrons. The van der Waals surface area contributed by atoms with Gasteiger partial charge in [0.25, 0.3) is 11.6 Å². The Morgan fingerprint density at radius 1 is 1.25 bits per heavy atom. The lowest BCUT2D eigenvalue weighted by molar-refractivity contribution is -0.384. The molecule has 4 rings (SSSR count). The lowest BCUT2D eigenvalue weighted by atomic mass is 9.95. The molecule has 1 aromatic heterocycles. The van der Waals surface area contributed by atoms with E-state index in [1.165, 1.54) is 23.8 Å². The molecule has 2 saturated heterocycles. The summed E-state index contributed by atoms with van der Waals surface area (Å²) in [6, 6.07) is 11.2. The fourth-order valence-corrected chi connectivity index (χ4v) is 4.61. The summed E-state index contributed by atoms with van der Waals surface area (Å²) in [4.78, 5) is 24.6. The average Bonchev–Trinajstić information content (AvgIpc) is 3.31. The number of nitro benzene ring substituents is 1. The van der Waals surface area contributed by atoms with Crippen LogP contribution in [-0.2, 0) is 0 Å². The van der Waals surface area contributed by atoms with Gasteiger partial charge in [0.05, 0.1) is 15.4 Å². The molecule has 0 spiro atoms. The number of carbonyl (C=O) groups is 1. The number of para-hydroxylation sites is 1. The summed E-state index contributed by atoms with van der Waals surface area (Å²) >= 11 is 1.29. The van der Waals surface area contributed by atoms with Gasteiger partial charge < -0.3 is 10.6 Å². The summed E-state index contributed by atoms with van der Waals surface area (Å²) in [5.41, 5.74) is 0.608. The van der Waals surface area contributed by atoms with Crippen LogP contribution < -0.4 is 10.6 Å². The summed E-state index contributed by atoms with van der Waals surface area (Å²) in [6.07, 6.45) is 3.29. The van der Waals surface area contributed by atoms with Gasteiger partial charge in [0, 0.05) is 29.1 Å². The Kier molecular flexibility index (Phi) is 3.82. The van der Waals surface area contributed by atoms with Gasteiger partial charge in [0.2, 0.25) is 0 Å². The van der Waals surface area contributed by atoms with Gasteiger partial charge in [-0.3, -0.25) is 14.9 Å². The Morgan fingerprint density at radius 2 is 2.08 bits per heavy atom. The Balaban J connectivity index is 1.53. The maximum atomic E-state index is 12.5. The molecule has 0 unspecified atom stereocenters. The molecule has 2 fully saturated rings. The molecule has 3 heterocycles. The molecule has 0 aliphatic carbocycles. The molecule has 0 radical (unpaired) electrons. The van der Waals surface area contributed by atoms with E-state index in [1.54, 1.807) is 30.3 Å². The lowest BCUT2D eigenvalue weighted by Crippen LogP contribution is -2.42. The largest absolute Gasteiger partial charge is 0.347 e. The van der Waals surface area contributed by atoms with Crippen LogP contribution in [0.25, 0.3) is 10.4 Å². The number of nitrogens with zero attached hydrogens (tertiary/aromatic N) is 1. The number of fused-ring (bicyclic) bond motifs is 2. The number of carbonyl (C=O) groups excluding carboxylic acids is 1.